The van der Waals surface area contributed by atoms with Crippen LogP contribution >= 0.6 is 11.3 Å². The standard InChI is InChI=1S/C17H15N3O2S/c1-20-15(13-8-5-9-14(21)10-13)11-23-17(20)19-18-16(22)12-6-3-2-4-7-12/h2-11,21H,1H3,(H,18,22). The van der Waals surface area contributed by atoms with Crippen molar-refractivity contribution in [1.29, 1.82) is 0 Å². The third kappa shape index (κ3) is 3.32. The zero-order valence-corrected chi connectivity index (χ0v) is 13.2. The van der Waals surface area contributed by atoms with Gasteiger partial charge in [-0.15, -0.1) is 16.4 Å². The summed E-state index contributed by atoms with van der Waals surface area (Å²) in [6.45, 7) is 0. The van der Waals surface area contributed by atoms with E-state index in [2.05, 4.69) is 10.5 Å². The molecule has 1 aromatic heterocycles. The first kappa shape index (κ1) is 15.1. The van der Waals surface area contributed by atoms with Crippen molar-refractivity contribution in [3.05, 3.63) is 70.3 Å². The number of carbonyl (C=O) groups is 1. The molecular formula is C17H15N3O2S. The molecule has 0 aliphatic rings. The molecule has 6 heteroatoms. The van der Waals surface area contributed by atoms with E-state index in [1.807, 2.05) is 29.1 Å². The molecule has 1 amide bonds. The fraction of sp³-hybridized carbons (Fsp3) is 0.0588. The highest BCUT2D eigenvalue weighted by Gasteiger charge is 2.06. The summed E-state index contributed by atoms with van der Waals surface area (Å²) in [6.07, 6.45) is 0. The third-order valence-corrected chi connectivity index (χ3v) is 4.27. The maximum absolute atomic E-state index is 12.0. The highest BCUT2D eigenvalue weighted by molar-refractivity contribution is 7.07. The number of amides is 1. The molecule has 2 N–H and O–H groups in total. The summed E-state index contributed by atoms with van der Waals surface area (Å²) >= 11 is 1.41. The number of hydrogen-bond acceptors (Lipinski definition) is 4. The van der Waals surface area contributed by atoms with E-state index >= 15 is 0 Å². The summed E-state index contributed by atoms with van der Waals surface area (Å²) in [5.41, 5.74) is 4.92. The zero-order chi connectivity index (χ0) is 16.2. The molecule has 0 radical (unpaired) electrons. The molecular weight excluding hydrogens is 310 g/mol. The maximum Gasteiger partial charge on any atom is 0.271 e. The number of nitrogens with zero attached hydrogens (tertiary/aromatic N) is 2. The molecule has 0 saturated heterocycles. The first-order valence-corrected chi connectivity index (χ1v) is 7.86. The molecule has 0 spiro atoms. The first-order chi connectivity index (χ1) is 11.1. The minimum atomic E-state index is -0.252. The van der Waals surface area contributed by atoms with Gasteiger partial charge in [0.2, 0.25) is 4.80 Å². The van der Waals surface area contributed by atoms with E-state index in [-0.39, 0.29) is 11.7 Å². The monoisotopic (exact) mass is 325 g/mol. The Bertz CT molecular complexity index is 897. The van der Waals surface area contributed by atoms with Crippen molar-refractivity contribution in [1.82, 2.24) is 9.99 Å². The van der Waals surface area contributed by atoms with Gasteiger partial charge in [0.05, 0.1) is 5.69 Å². The molecule has 0 unspecified atom stereocenters. The number of carbonyl (C=O) groups excluding carboxylic acids is 1. The molecule has 0 atom stereocenters. The van der Waals surface area contributed by atoms with Crippen LogP contribution in [0.3, 0.4) is 0 Å². The number of thiazole rings is 1. The van der Waals surface area contributed by atoms with Gasteiger partial charge < -0.3 is 9.67 Å². The highest BCUT2D eigenvalue weighted by Crippen LogP contribution is 2.22. The van der Waals surface area contributed by atoms with Crippen molar-refractivity contribution in [3.8, 4) is 17.0 Å². The van der Waals surface area contributed by atoms with Gasteiger partial charge in [-0.3, -0.25) is 4.79 Å². The molecule has 2 aromatic carbocycles. The second kappa shape index (κ2) is 6.50. The number of nitrogens with one attached hydrogen (secondary N) is 1. The summed E-state index contributed by atoms with van der Waals surface area (Å²) < 4.78 is 1.87. The molecule has 3 aromatic rings. The Morgan fingerprint density at radius 3 is 2.70 bits per heavy atom. The Labute approximate surface area is 137 Å². The quantitative estimate of drug-likeness (QED) is 0.727. The third-order valence-electron chi connectivity index (χ3n) is 3.36. The fourth-order valence-electron chi connectivity index (χ4n) is 2.15. The predicted molar refractivity (Wildman–Crippen MR) is 89.9 cm³/mol. The van der Waals surface area contributed by atoms with Crippen molar-refractivity contribution in [2.75, 3.05) is 0 Å². The van der Waals surface area contributed by atoms with Crippen molar-refractivity contribution < 1.29 is 9.90 Å². The number of hydrogen-bond donors (Lipinski definition) is 2. The van der Waals surface area contributed by atoms with Crippen LogP contribution in [-0.2, 0) is 7.05 Å². The lowest BCUT2D eigenvalue weighted by Crippen LogP contribution is -2.23. The Hall–Kier alpha value is -2.86. The average molecular weight is 325 g/mol. The number of phenols is 1. The number of aromatic hydroxyl groups is 1. The molecule has 0 bridgehead atoms. The second-order valence-corrected chi connectivity index (χ2v) is 5.77. The van der Waals surface area contributed by atoms with Crippen LogP contribution in [-0.4, -0.2) is 15.6 Å². The largest absolute Gasteiger partial charge is 0.508 e. The molecule has 23 heavy (non-hydrogen) atoms. The lowest BCUT2D eigenvalue weighted by molar-refractivity contribution is 0.0953. The minimum absolute atomic E-state index is 0.213. The van der Waals surface area contributed by atoms with Crippen molar-refractivity contribution in [2.45, 2.75) is 0 Å². The van der Waals surface area contributed by atoms with Gasteiger partial charge in [-0.05, 0) is 24.3 Å². The van der Waals surface area contributed by atoms with Gasteiger partial charge in [-0.2, -0.15) is 0 Å². The Morgan fingerprint density at radius 2 is 1.96 bits per heavy atom. The summed E-state index contributed by atoms with van der Waals surface area (Å²) in [7, 11) is 1.86. The zero-order valence-electron chi connectivity index (χ0n) is 12.4. The maximum atomic E-state index is 12.0. The van der Waals surface area contributed by atoms with E-state index in [0.29, 0.717) is 10.4 Å². The van der Waals surface area contributed by atoms with Crippen LogP contribution < -0.4 is 10.2 Å². The van der Waals surface area contributed by atoms with Crippen LogP contribution in [0.4, 0.5) is 0 Å². The fourth-order valence-corrected chi connectivity index (χ4v) is 3.02. The van der Waals surface area contributed by atoms with Crippen LogP contribution in [0.5, 0.6) is 5.75 Å². The topological polar surface area (TPSA) is 66.6 Å². The Balaban J connectivity index is 1.86. The molecule has 0 fully saturated rings. The van der Waals surface area contributed by atoms with E-state index in [0.717, 1.165) is 11.3 Å². The second-order valence-electron chi connectivity index (χ2n) is 4.93. The smallest absolute Gasteiger partial charge is 0.271 e. The minimum Gasteiger partial charge on any atom is -0.508 e. The van der Waals surface area contributed by atoms with Crippen LogP contribution in [0.2, 0.25) is 0 Å². The average Bonchev–Trinajstić information content (AvgIpc) is 2.94. The number of aromatic nitrogens is 1. The van der Waals surface area contributed by atoms with Gasteiger partial charge in [-0.25, -0.2) is 5.43 Å². The van der Waals surface area contributed by atoms with Gasteiger partial charge >= 0.3 is 0 Å². The Kier molecular flexibility index (Phi) is 4.25. The van der Waals surface area contributed by atoms with Gasteiger partial charge in [0.15, 0.2) is 0 Å². The number of phenolic OH excluding ortho intramolecular Hbond substituents is 1. The van der Waals surface area contributed by atoms with Crippen molar-refractivity contribution in [3.63, 3.8) is 0 Å². The number of rotatable bonds is 3. The van der Waals surface area contributed by atoms with Crippen LogP contribution in [0.25, 0.3) is 11.3 Å². The summed E-state index contributed by atoms with van der Waals surface area (Å²) in [6, 6.07) is 15.9. The summed E-state index contributed by atoms with van der Waals surface area (Å²) in [5.74, 6) is -0.0394. The van der Waals surface area contributed by atoms with Gasteiger partial charge in [0, 0.05) is 23.6 Å². The SMILES string of the molecule is Cn1c(-c2cccc(O)c2)csc1=NNC(=O)c1ccccc1. The lowest BCUT2D eigenvalue weighted by Gasteiger charge is -2.03. The molecule has 0 aliphatic carbocycles. The molecule has 3 rings (SSSR count). The van der Waals surface area contributed by atoms with E-state index in [1.165, 1.54) is 11.3 Å². The molecule has 0 aliphatic heterocycles. The van der Waals surface area contributed by atoms with E-state index in [1.54, 1.807) is 42.5 Å². The summed E-state index contributed by atoms with van der Waals surface area (Å²) in [5, 5.41) is 15.7. The van der Waals surface area contributed by atoms with Gasteiger partial charge in [0.1, 0.15) is 5.75 Å². The van der Waals surface area contributed by atoms with E-state index in [4.69, 9.17) is 0 Å². The first-order valence-electron chi connectivity index (χ1n) is 6.98. The van der Waals surface area contributed by atoms with Crippen LogP contribution in [0, 0.1) is 0 Å². The predicted octanol–water partition coefficient (Wildman–Crippen LogP) is 2.70. The summed E-state index contributed by atoms with van der Waals surface area (Å²) in [4.78, 5) is 12.7. The van der Waals surface area contributed by atoms with Crippen molar-refractivity contribution >= 4 is 17.2 Å². The van der Waals surface area contributed by atoms with Crippen molar-refractivity contribution in [2.24, 2.45) is 12.1 Å². The van der Waals surface area contributed by atoms with Gasteiger partial charge in [-0.1, -0.05) is 30.3 Å². The lowest BCUT2D eigenvalue weighted by atomic mass is 10.1. The van der Waals surface area contributed by atoms with E-state index in [9.17, 15) is 9.90 Å². The molecule has 116 valence electrons. The number of benzene rings is 2. The Morgan fingerprint density at radius 1 is 1.17 bits per heavy atom. The molecule has 0 saturated carbocycles. The van der Waals surface area contributed by atoms with Crippen LogP contribution in [0.1, 0.15) is 10.4 Å². The van der Waals surface area contributed by atoms with Crippen LogP contribution in [0.15, 0.2) is 65.1 Å². The van der Waals surface area contributed by atoms with E-state index < -0.39 is 0 Å². The molecule has 5 nitrogen and oxygen atoms in total. The normalized spacial score (nSPS) is 11.4. The molecule has 1 heterocycles. The van der Waals surface area contributed by atoms with Gasteiger partial charge in [0.25, 0.3) is 5.91 Å². The highest BCUT2D eigenvalue weighted by atomic mass is 32.1.